The van der Waals surface area contributed by atoms with Gasteiger partial charge in [0.25, 0.3) is 0 Å². The summed E-state index contributed by atoms with van der Waals surface area (Å²) >= 11 is 0. The Morgan fingerprint density at radius 3 is 2.50 bits per heavy atom. The van der Waals surface area contributed by atoms with Crippen LogP contribution in [0.4, 0.5) is 0 Å². The van der Waals surface area contributed by atoms with Crippen molar-refractivity contribution in [2.45, 2.75) is 53.6 Å². The average Bonchev–Trinajstić information content (AvgIpc) is 2.55. The van der Waals surface area contributed by atoms with Gasteiger partial charge in [0, 0.05) is 17.0 Å². The topological polar surface area (TPSA) is 65.7 Å². The lowest BCUT2D eigenvalue weighted by atomic mass is 10.0. The second kappa shape index (κ2) is 7.51. The number of rotatable bonds is 6. The Morgan fingerprint density at radius 1 is 1.21 bits per heavy atom. The van der Waals surface area contributed by atoms with E-state index < -0.39 is 12.1 Å². The predicted molar refractivity (Wildman–Crippen MR) is 92.7 cm³/mol. The molecule has 0 unspecified atom stereocenters. The van der Waals surface area contributed by atoms with Crippen molar-refractivity contribution >= 4 is 16.9 Å². The van der Waals surface area contributed by atoms with Crippen LogP contribution in [-0.2, 0) is 22.4 Å². The van der Waals surface area contributed by atoms with Gasteiger partial charge >= 0.3 is 11.6 Å². The Kier molecular flexibility index (Phi) is 5.65. The molecule has 0 aliphatic rings. The number of fused-ring (bicyclic) bond motifs is 1. The fraction of sp³-hybridized carbons (Fsp3) is 0.474. The molecule has 1 atom stereocenters. The lowest BCUT2D eigenvalue weighted by Gasteiger charge is -2.17. The maximum atomic E-state index is 12.1. The Balaban J connectivity index is 2.52. The molecule has 24 heavy (non-hydrogen) atoms. The summed E-state index contributed by atoms with van der Waals surface area (Å²) < 4.78 is 16.2. The van der Waals surface area contributed by atoms with Crippen LogP contribution in [0.3, 0.4) is 0 Å². The van der Waals surface area contributed by atoms with Gasteiger partial charge in [0.05, 0.1) is 6.61 Å². The molecule has 2 aromatic rings. The van der Waals surface area contributed by atoms with Crippen molar-refractivity contribution in [3.8, 4) is 5.75 Å². The summed E-state index contributed by atoms with van der Waals surface area (Å²) in [6, 6.07) is 3.66. The van der Waals surface area contributed by atoms with Crippen molar-refractivity contribution in [1.29, 1.82) is 0 Å². The maximum absolute atomic E-state index is 12.1. The number of hydrogen-bond acceptors (Lipinski definition) is 5. The quantitative estimate of drug-likeness (QED) is 0.598. The molecule has 0 bridgehead atoms. The Hall–Kier alpha value is -2.30. The van der Waals surface area contributed by atoms with Crippen molar-refractivity contribution < 1.29 is 18.7 Å². The summed E-state index contributed by atoms with van der Waals surface area (Å²) in [6.07, 6.45) is 0.639. The molecule has 0 amide bonds. The van der Waals surface area contributed by atoms with E-state index in [-0.39, 0.29) is 5.63 Å². The standard InChI is InChI=1S/C19H24O5/c1-6-13-9-15-11(4)14(7-2)19(21)24-17(15)10-16(13)23-12(5)18(20)22-8-3/h9-10,12H,6-8H2,1-5H3/t12-/m0/s1. The molecule has 0 saturated heterocycles. The molecule has 0 fully saturated rings. The summed E-state index contributed by atoms with van der Waals surface area (Å²) in [5, 5.41) is 0.902. The molecule has 0 saturated carbocycles. The van der Waals surface area contributed by atoms with Crippen LogP contribution in [0.25, 0.3) is 11.0 Å². The molecule has 5 nitrogen and oxygen atoms in total. The molecular formula is C19H24O5. The van der Waals surface area contributed by atoms with Gasteiger partial charge in [0.1, 0.15) is 11.3 Å². The molecule has 1 aromatic carbocycles. The monoisotopic (exact) mass is 332 g/mol. The first-order valence-electron chi connectivity index (χ1n) is 8.35. The summed E-state index contributed by atoms with van der Waals surface area (Å²) in [7, 11) is 0. The van der Waals surface area contributed by atoms with Gasteiger partial charge in [-0.2, -0.15) is 0 Å². The number of benzene rings is 1. The third-order valence-corrected chi connectivity index (χ3v) is 4.13. The van der Waals surface area contributed by atoms with E-state index in [0.717, 1.165) is 22.9 Å². The lowest BCUT2D eigenvalue weighted by molar-refractivity contribution is -0.150. The van der Waals surface area contributed by atoms with Gasteiger partial charge in [-0.25, -0.2) is 9.59 Å². The molecule has 0 N–H and O–H groups in total. The van der Waals surface area contributed by atoms with Crippen LogP contribution in [0.5, 0.6) is 5.75 Å². The first kappa shape index (κ1) is 18.0. The SMILES string of the molecule is CCOC(=O)[C@H](C)Oc1cc2oc(=O)c(CC)c(C)c2cc1CC. The zero-order valence-electron chi connectivity index (χ0n) is 14.9. The van der Waals surface area contributed by atoms with Gasteiger partial charge in [-0.1, -0.05) is 13.8 Å². The van der Waals surface area contributed by atoms with Crippen molar-refractivity contribution in [3.05, 3.63) is 39.2 Å². The molecule has 130 valence electrons. The smallest absolute Gasteiger partial charge is 0.347 e. The zero-order chi connectivity index (χ0) is 17.9. The molecule has 0 aliphatic heterocycles. The molecule has 0 aliphatic carbocycles. The highest BCUT2D eigenvalue weighted by Gasteiger charge is 2.19. The fourth-order valence-corrected chi connectivity index (χ4v) is 2.75. The number of aryl methyl sites for hydroxylation is 2. The van der Waals surface area contributed by atoms with E-state index in [1.807, 2.05) is 26.8 Å². The highest BCUT2D eigenvalue weighted by molar-refractivity contribution is 5.84. The summed E-state index contributed by atoms with van der Waals surface area (Å²) in [6.45, 7) is 9.57. The minimum absolute atomic E-state index is 0.304. The van der Waals surface area contributed by atoms with Crippen LogP contribution in [0.15, 0.2) is 21.3 Å². The minimum atomic E-state index is -0.726. The molecule has 5 heteroatoms. The lowest BCUT2D eigenvalue weighted by Crippen LogP contribution is -2.26. The van der Waals surface area contributed by atoms with Crippen molar-refractivity contribution in [1.82, 2.24) is 0 Å². The van der Waals surface area contributed by atoms with Crippen molar-refractivity contribution in [2.75, 3.05) is 6.61 Å². The third kappa shape index (κ3) is 3.45. The van der Waals surface area contributed by atoms with Gasteiger partial charge in [-0.15, -0.1) is 0 Å². The van der Waals surface area contributed by atoms with E-state index in [9.17, 15) is 9.59 Å². The van der Waals surface area contributed by atoms with Crippen molar-refractivity contribution in [3.63, 3.8) is 0 Å². The first-order chi connectivity index (χ1) is 11.4. The van der Waals surface area contributed by atoms with E-state index in [1.165, 1.54) is 0 Å². The fourth-order valence-electron chi connectivity index (χ4n) is 2.75. The molecular weight excluding hydrogens is 308 g/mol. The van der Waals surface area contributed by atoms with Crippen molar-refractivity contribution in [2.24, 2.45) is 0 Å². The van der Waals surface area contributed by atoms with Gasteiger partial charge in [0.15, 0.2) is 6.10 Å². The number of carbonyl (C=O) groups is 1. The third-order valence-electron chi connectivity index (χ3n) is 4.13. The number of esters is 1. The second-order valence-corrected chi connectivity index (χ2v) is 5.67. The summed E-state index contributed by atoms with van der Waals surface area (Å²) in [5.41, 5.74) is 2.73. The van der Waals surface area contributed by atoms with Gasteiger partial charge < -0.3 is 13.9 Å². The zero-order valence-corrected chi connectivity index (χ0v) is 14.9. The molecule has 1 heterocycles. The largest absolute Gasteiger partial charge is 0.479 e. The number of ether oxygens (including phenoxy) is 2. The molecule has 0 radical (unpaired) electrons. The van der Waals surface area contributed by atoms with Gasteiger partial charge in [0.2, 0.25) is 0 Å². The van der Waals surface area contributed by atoms with Crippen LogP contribution in [0.2, 0.25) is 0 Å². The number of carbonyl (C=O) groups excluding carboxylic acids is 1. The highest BCUT2D eigenvalue weighted by Crippen LogP contribution is 2.29. The molecule has 1 aromatic heterocycles. The van der Waals surface area contributed by atoms with Gasteiger partial charge in [-0.05, 0) is 50.8 Å². The number of hydrogen-bond donors (Lipinski definition) is 0. The summed E-state index contributed by atoms with van der Waals surface area (Å²) in [5.74, 6) is 0.121. The first-order valence-corrected chi connectivity index (χ1v) is 8.35. The molecule has 2 rings (SSSR count). The Labute approximate surface area is 141 Å². The van der Waals surface area contributed by atoms with Crippen LogP contribution in [-0.4, -0.2) is 18.7 Å². The average molecular weight is 332 g/mol. The van der Waals surface area contributed by atoms with Crippen LogP contribution >= 0.6 is 0 Å². The van der Waals surface area contributed by atoms with E-state index in [0.29, 0.717) is 29.9 Å². The summed E-state index contributed by atoms with van der Waals surface area (Å²) in [4.78, 5) is 23.9. The van der Waals surface area contributed by atoms with E-state index in [1.54, 1.807) is 19.9 Å². The Bertz CT molecular complexity index is 803. The van der Waals surface area contributed by atoms with Gasteiger partial charge in [-0.3, -0.25) is 0 Å². The minimum Gasteiger partial charge on any atom is -0.479 e. The Morgan fingerprint density at radius 2 is 1.92 bits per heavy atom. The predicted octanol–water partition coefficient (Wildman–Crippen LogP) is 3.56. The normalized spacial score (nSPS) is 12.2. The highest BCUT2D eigenvalue weighted by atomic mass is 16.6. The van der Waals surface area contributed by atoms with Crippen LogP contribution < -0.4 is 10.4 Å². The maximum Gasteiger partial charge on any atom is 0.347 e. The van der Waals surface area contributed by atoms with Crippen LogP contribution in [0, 0.1) is 6.92 Å². The van der Waals surface area contributed by atoms with E-state index in [2.05, 4.69) is 0 Å². The molecule has 0 spiro atoms. The van der Waals surface area contributed by atoms with Crippen LogP contribution in [0.1, 0.15) is 44.4 Å². The second-order valence-electron chi connectivity index (χ2n) is 5.67. The van der Waals surface area contributed by atoms with E-state index in [4.69, 9.17) is 13.9 Å². The van der Waals surface area contributed by atoms with E-state index >= 15 is 0 Å².